The normalized spacial score (nSPS) is 17.1. The van der Waals surface area contributed by atoms with E-state index in [0.717, 1.165) is 47.8 Å². The Morgan fingerprint density at radius 2 is 2.12 bits per heavy atom. The highest BCUT2D eigenvalue weighted by molar-refractivity contribution is 5.89. The average Bonchev–Trinajstić information content (AvgIpc) is 3.16. The number of aromatic nitrogens is 1. The molecule has 1 aliphatic rings. The van der Waals surface area contributed by atoms with Crippen LogP contribution in [-0.2, 0) is 0 Å². The topological polar surface area (TPSA) is 67.6 Å². The number of ether oxygens (including phenoxy) is 1. The molecule has 0 aliphatic carbocycles. The molecule has 1 atom stereocenters. The second-order valence-electron chi connectivity index (χ2n) is 5.98. The summed E-state index contributed by atoms with van der Waals surface area (Å²) in [5.41, 5.74) is 2.65. The maximum Gasteiger partial charge on any atom is 0.322 e. The number of carbonyl (C=O) groups is 1. The van der Waals surface area contributed by atoms with Crippen LogP contribution in [0.4, 0.5) is 10.5 Å². The summed E-state index contributed by atoms with van der Waals surface area (Å²) in [6.45, 7) is 7.12. The van der Waals surface area contributed by atoms with Crippen molar-refractivity contribution >= 4 is 11.7 Å². The first kappa shape index (κ1) is 16.4. The van der Waals surface area contributed by atoms with E-state index in [2.05, 4.69) is 10.5 Å². The second kappa shape index (κ2) is 6.95. The van der Waals surface area contributed by atoms with Gasteiger partial charge in [-0.05, 0) is 57.9 Å². The number of carbonyl (C=O) groups excluding carboxylic acids is 1. The summed E-state index contributed by atoms with van der Waals surface area (Å²) in [7, 11) is 0. The molecule has 0 spiro atoms. The molecule has 0 bridgehead atoms. The molecular formula is C18H23N3O3. The standard InChI is InChI=1S/C18H23N3O3/c1-4-23-15-9-7-14(8-10-15)19-18(22)21-11-5-6-16(21)17-12(2)20-24-13(17)3/h7-10,16H,4-6,11H2,1-3H3,(H,19,22)/t16-/m1/s1. The van der Waals surface area contributed by atoms with Gasteiger partial charge in [-0.25, -0.2) is 4.79 Å². The summed E-state index contributed by atoms with van der Waals surface area (Å²) in [4.78, 5) is 14.6. The van der Waals surface area contributed by atoms with E-state index in [1.54, 1.807) is 0 Å². The third kappa shape index (κ3) is 3.22. The predicted molar refractivity (Wildman–Crippen MR) is 91.3 cm³/mol. The van der Waals surface area contributed by atoms with Crippen LogP contribution in [0.3, 0.4) is 0 Å². The van der Waals surface area contributed by atoms with Gasteiger partial charge in [0.05, 0.1) is 18.3 Å². The summed E-state index contributed by atoms with van der Waals surface area (Å²) >= 11 is 0. The smallest absolute Gasteiger partial charge is 0.322 e. The lowest BCUT2D eigenvalue weighted by Crippen LogP contribution is -2.34. The molecular weight excluding hydrogens is 306 g/mol. The van der Waals surface area contributed by atoms with Crippen LogP contribution in [0.15, 0.2) is 28.8 Å². The fraction of sp³-hybridized carbons (Fsp3) is 0.444. The molecule has 1 aromatic carbocycles. The van der Waals surface area contributed by atoms with E-state index in [-0.39, 0.29) is 12.1 Å². The van der Waals surface area contributed by atoms with Crippen LogP contribution in [0.2, 0.25) is 0 Å². The first-order valence-corrected chi connectivity index (χ1v) is 8.33. The first-order chi connectivity index (χ1) is 11.6. The van der Waals surface area contributed by atoms with Gasteiger partial charge in [0.15, 0.2) is 0 Å². The number of anilines is 1. The Hall–Kier alpha value is -2.50. The molecule has 0 unspecified atom stereocenters. The monoisotopic (exact) mass is 329 g/mol. The molecule has 2 heterocycles. The van der Waals surface area contributed by atoms with Crippen molar-refractivity contribution in [3.05, 3.63) is 41.3 Å². The van der Waals surface area contributed by atoms with Crippen LogP contribution in [0.5, 0.6) is 5.75 Å². The number of rotatable bonds is 4. The summed E-state index contributed by atoms with van der Waals surface area (Å²) in [5, 5.41) is 6.98. The number of nitrogens with one attached hydrogen (secondary N) is 1. The Labute approximate surface area is 141 Å². The van der Waals surface area contributed by atoms with Crippen LogP contribution in [0, 0.1) is 13.8 Å². The van der Waals surface area contributed by atoms with Gasteiger partial charge in [0.1, 0.15) is 11.5 Å². The Balaban J connectivity index is 1.72. The minimum absolute atomic E-state index is 0.0268. The largest absolute Gasteiger partial charge is 0.494 e. The van der Waals surface area contributed by atoms with Crippen LogP contribution >= 0.6 is 0 Å². The third-order valence-electron chi connectivity index (χ3n) is 4.35. The molecule has 1 fully saturated rings. The van der Waals surface area contributed by atoms with E-state index in [9.17, 15) is 4.79 Å². The van der Waals surface area contributed by atoms with Crippen molar-refractivity contribution < 1.29 is 14.1 Å². The van der Waals surface area contributed by atoms with Gasteiger partial charge in [-0.2, -0.15) is 0 Å². The lowest BCUT2D eigenvalue weighted by Gasteiger charge is -2.25. The number of nitrogens with zero attached hydrogens (tertiary/aromatic N) is 2. The fourth-order valence-electron chi connectivity index (χ4n) is 3.27. The quantitative estimate of drug-likeness (QED) is 0.918. The molecule has 128 valence electrons. The van der Waals surface area contributed by atoms with Crippen molar-refractivity contribution in [3.63, 3.8) is 0 Å². The molecule has 1 aliphatic heterocycles. The van der Waals surface area contributed by atoms with Gasteiger partial charge in [-0.1, -0.05) is 5.16 Å². The van der Waals surface area contributed by atoms with Crippen molar-refractivity contribution in [3.8, 4) is 5.75 Å². The van der Waals surface area contributed by atoms with E-state index in [0.29, 0.717) is 6.61 Å². The average molecular weight is 329 g/mol. The van der Waals surface area contributed by atoms with Gasteiger partial charge in [0.2, 0.25) is 0 Å². The molecule has 24 heavy (non-hydrogen) atoms. The summed E-state index contributed by atoms with van der Waals surface area (Å²) in [5.74, 6) is 1.59. The fourth-order valence-corrected chi connectivity index (χ4v) is 3.27. The zero-order valence-electron chi connectivity index (χ0n) is 14.3. The number of hydrogen-bond acceptors (Lipinski definition) is 4. The summed E-state index contributed by atoms with van der Waals surface area (Å²) < 4.78 is 10.7. The minimum Gasteiger partial charge on any atom is -0.494 e. The summed E-state index contributed by atoms with van der Waals surface area (Å²) in [6.07, 6.45) is 1.91. The number of amides is 2. The van der Waals surface area contributed by atoms with Crippen molar-refractivity contribution in [1.29, 1.82) is 0 Å². The molecule has 1 aromatic heterocycles. The Morgan fingerprint density at radius 3 is 2.75 bits per heavy atom. The molecule has 0 radical (unpaired) electrons. The van der Waals surface area contributed by atoms with E-state index < -0.39 is 0 Å². The molecule has 1 saturated heterocycles. The van der Waals surface area contributed by atoms with E-state index >= 15 is 0 Å². The Kier molecular flexibility index (Phi) is 4.74. The maximum atomic E-state index is 12.7. The number of aryl methyl sites for hydroxylation is 2. The molecule has 3 rings (SSSR count). The molecule has 6 heteroatoms. The van der Waals surface area contributed by atoms with Crippen LogP contribution < -0.4 is 10.1 Å². The van der Waals surface area contributed by atoms with Gasteiger partial charge in [-0.15, -0.1) is 0 Å². The number of urea groups is 1. The van der Waals surface area contributed by atoms with Gasteiger partial charge in [0.25, 0.3) is 0 Å². The van der Waals surface area contributed by atoms with Gasteiger partial charge >= 0.3 is 6.03 Å². The van der Waals surface area contributed by atoms with Crippen LogP contribution in [0.1, 0.15) is 42.8 Å². The zero-order chi connectivity index (χ0) is 17.1. The highest BCUT2D eigenvalue weighted by Gasteiger charge is 2.33. The lowest BCUT2D eigenvalue weighted by molar-refractivity contribution is 0.206. The molecule has 1 N–H and O–H groups in total. The second-order valence-corrected chi connectivity index (χ2v) is 5.98. The van der Waals surface area contributed by atoms with E-state index in [1.807, 2.05) is 49.9 Å². The van der Waals surface area contributed by atoms with E-state index in [4.69, 9.17) is 9.26 Å². The predicted octanol–water partition coefficient (Wildman–Crippen LogP) is 4.06. The van der Waals surface area contributed by atoms with Crippen molar-refractivity contribution in [1.82, 2.24) is 10.1 Å². The summed E-state index contributed by atoms with van der Waals surface area (Å²) in [6, 6.07) is 7.35. The van der Waals surface area contributed by atoms with Gasteiger partial charge in [-0.3, -0.25) is 0 Å². The molecule has 2 aromatic rings. The molecule has 6 nitrogen and oxygen atoms in total. The van der Waals surface area contributed by atoms with Crippen molar-refractivity contribution in [2.24, 2.45) is 0 Å². The lowest BCUT2D eigenvalue weighted by atomic mass is 10.0. The zero-order valence-corrected chi connectivity index (χ0v) is 14.3. The van der Waals surface area contributed by atoms with Crippen molar-refractivity contribution in [2.45, 2.75) is 39.7 Å². The Morgan fingerprint density at radius 1 is 1.38 bits per heavy atom. The third-order valence-corrected chi connectivity index (χ3v) is 4.35. The van der Waals surface area contributed by atoms with Crippen LogP contribution in [-0.4, -0.2) is 29.2 Å². The van der Waals surface area contributed by atoms with Gasteiger partial charge < -0.3 is 19.5 Å². The molecule has 0 saturated carbocycles. The Bertz CT molecular complexity index is 689. The van der Waals surface area contributed by atoms with E-state index in [1.165, 1.54) is 0 Å². The van der Waals surface area contributed by atoms with Gasteiger partial charge in [0, 0.05) is 17.8 Å². The van der Waals surface area contributed by atoms with Crippen molar-refractivity contribution in [2.75, 3.05) is 18.5 Å². The highest BCUT2D eigenvalue weighted by atomic mass is 16.5. The molecule has 2 amide bonds. The number of hydrogen-bond donors (Lipinski definition) is 1. The SMILES string of the molecule is CCOc1ccc(NC(=O)N2CCC[C@@H]2c2c(C)noc2C)cc1. The maximum absolute atomic E-state index is 12.7. The minimum atomic E-state index is -0.0957. The first-order valence-electron chi connectivity index (χ1n) is 8.33. The number of benzene rings is 1. The number of likely N-dealkylation sites (tertiary alicyclic amines) is 1. The highest BCUT2D eigenvalue weighted by Crippen LogP contribution is 2.35. The van der Waals surface area contributed by atoms with Crippen LogP contribution in [0.25, 0.3) is 0 Å².